The molecule has 0 aliphatic carbocycles. The monoisotopic (exact) mass is 196 g/mol. The zero-order chi connectivity index (χ0) is 10.9. The van der Waals surface area contributed by atoms with E-state index in [2.05, 4.69) is 9.97 Å². The zero-order valence-corrected chi connectivity index (χ0v) is 7.83. The molecule has 0 aliphatic rings. The summed E-state index contributed by atoms with van der Waals surface area (Å²) in [6, 6.07) is 0. The predicted molar refractivity (Wildman–Crippen MR) is 47.4 cm³/mol. The minimum atomic E-state index is -1.31. The molecule has 0 aliphatic heterocycles. The lowest BCUT2D eigenvalue weighted by atomic mass is 10.0. The van der Waals surface area contributed by atoms with E-state index in [1.54, 1.807) is 0 Å². The van der Waals surface area contributed by atoms with Crippen LogP contribution in [0.25, 0.3) is 0 Å². The Kier molecular flexibility index (Phi) is 2.55. The number of aliphatic carboxylic acids is 1. The van der Waals surface area contributed by atoms with Crippen LogP contribution in [0.4, 0.5) is 5.95 Å². The van der Waals surface area contributed by atoms with Gasteiger partial charge in [-0.05, 0) is 6.92 Å². The molecule has 0 unspecified atom stereocenters. The molecule has 0 radical (unpaired) electrons. The number of hydrogen-bond acceptors (Lipinski definition) is 5. The molecule has 0 amide bonds. The number of carboxylic acids is 1. The maximum atomic E-state index is 11.3. The highest BCUT2D eigenvalue weighted by atomic mass is 16.4. The van der Waals surface area contributed by atoms with Crippen LogP contribution in [-0.4, -0.2) is 15.9 Å². The Morgan fingerprint density at radius 1 is 1.64 bits per heavy atom. The summed E-state index contributed by atoms with van der Waals surface area (Å²) in [5, 5.41) is 10.6. The van der Waals surface area contributed by atoms with Crippen molar-refractivity contribution in [2.24, 2.45) is 0 Å². The quantitative estimate of drug-likeness (QED) is 0.598. The van der Waals surface area contributed by atoms with Crippen molar-refractivity contribution >= 4 is 11.9 Å². The normalized spacial score (nSPS) is 12.4. The Bertz CT molecular complexity index is 424. The van der Waals surface area contributed by atoms with Crippen molar-refractivity contribution in [1.29, 1.82) is 0 Å². The molecule has 1 heterocycles. The number of nitrogens with two attached hydrogens (primary N) is 1. The molecule has 76 valence electrons. The number of aryl methyl sites for hydroxylation is 1. The third kappa shape index (κ3) is 1.73. The number of anilines is 1. The molecule has 1 atom stereocenters. The van der Waals surface area contributed by atoms with Crippen molar-refractivity contribution in [3.8, 4) is 0 Å². The Morgan fingerprint density at radius 3 is 2.64 bits per heavy atom. The lowest BCUT2D eigenvalue weighted by molar-refractivity contribution is -0.307. The highest BCUT2D eigenvalue weighted by molar-refractivity contribution is 5.73. The second-order valence-electron chi connectivity index (χ2n) is 2.99. The number of nitrogens with one attached hydrogen (secondary N) is 1. The molecule has 3 N–H and O–H groups in total. The average molecular weight is 196 g/mol. The van der Waals surface area contributed by atoms with E-state index in [1.165, 1.54) is 13.8 Å². The molecule has 14 heavy (non-hydrogen) atoms. The van der Waals surface area contributed by atoms with Crippen molar-refractivity contribution in [2.45, 2.75) is 19.8 Å². The van der Waals surface area contributed by atoms with E-state index in [1.807, 2.05) is 0 Å². The topological polar surface area (TPSA) is 112 Å². The zero-order valence-electron chi connectivity index (χ0n) is 7.83. The molecule has 1 aromatic rings. The number of hydrogen-bond donors (Lipinski definition) is 2. The number of carboxylic acid groups (broad SMARTS) is 1. The van der Waals surface area contributed by atoms with Gasteiger partial charge in [-0.2, -0.15) is 0 Å². The predicted octanol–water partition coefficient (Wildman–Crippen LogP) is -1.49. The molecule has 1 aromatic heterocycles. The van der Waals surface area contributed by atoms with Gasteiger partial charge in [0.05, 0.1) is 5.69 Å². The number of carbonyl (C=O) groups excluding carboxylic acids is 1. The van der Waals surface area contributed by atoms with Crippen molar-refractivity contribution in [3.63, 3.8) is 0 Å². The van der Waals surface area contributed by atoms with E-state index in [0.717, 1.165) is 0 Å². The van der Waals surface area contributed by atoms with E-state index < -0.39 is 17.4 Å². The summed E-state index contributed by atoms with van der Waals surface area (Å²) in [4.78, 5) is 27.9. The Balaban J connectivity index is 3.35. The molecule has 6 heteroatoms. The van der Waals surface area contributed by atoms with E-state index in [0.29, 0.717) is 5.69 Å². The van der Waals surface area contributed by atoms with Gasteiger partial charge < -0.3 is 15.6 Å². The van der Waals surface area contributed by atoms with Crippen LogP contribution in [-0.2, 0) is 4.79 Å². The van der Waals surface area contributed by atoms with Crippen LogP contribution < -0.4 is 16.4 Å². The summed E-state index contributed by atoms with van der Waals surface area (Å²) < 4.78 is 0. The van der Waals surface area contributed by atoms with Crippen LogP contribution in [0.15, 0.2) is 4.79 Å². The lowest BCUT2D eigenvalue weighted by Crippen LogP contribution is -2.32. The first-order valence-electron chi connectivity index (χ1n) is 4.00. The molecular formula is C8H10N3O3-. The number of nitrogens with zero attached hydrogens (tertiary/aromatic N) is 1. The fourth-order valence-corrected chi connectivity index (χ4v) is 1.24. The number of aromatic nitrogens is 2. The van der Waals surface area contributed by atoms with Crippen molar-refractivity contribution < 1.29 is 9.90 Å². The van der Waals surface area contributed by atoms with E-state index in [9.17, 15) is 14.7 Å². The van der Waals surface area contributed by atoms with Crippen LogP contribution in [0, 0.1) is 6.92 Å². The molecule has 0 fully saturated rings. The smallest absolute Gasteiger partial charge is 0.256 e. The maximum absolute atomic E-state index is 11.3. The van der Waals surface area contributed by atoms with Gasteiger partial charge in [0.2, 0.25) is 5.95 Å². The minimum absolute atomic E-state index is 0.0261. The SMILES string of the molecule is Cc1nc(N)[nH]c(=O)c1[C@H](C)C(=O)[O-]. The first-order valence-corrected chi connectivity index (χ1v) is 4.00. The van der Waals surface area contributed by atoms with Crippen LogP contribution in [0.5, 0.6) is 0 Å². The van der Waals surface area contributed by atoms with Crippen LogP contribution in [0.1, 0.15) is 24.1 Å². The molecule has 0 bridgehead atoms. The molecule has 0 spiro atoms. The van der Waals surface area contributed by atoms with Gasteiger partial charge in [0.1, 0.15) is 0 Å². The first kappa shape index (κ1) is 10.2. The van der Waals surface area contributed by atoms with Crippen LogP contribution in [0.3, 0.4) is 0 Å². The number of aromatic amines is 1. The van der Waals surface area contributed by atoms with Crippen molar-refractivity contribution in [3.05, 3.63) is 21.6 Å². The standard InChI is InChI=1S/C8H11N3O3/c1-3(7(13)14)5-4(2)10-8(9)11-6(5)12/h3H,1-2H3,(H,13,14)(H3,9,10,11,12)/p-1/t3-/m0/s1. The summed E-state index contributed by atoms with van der Waals surface area (Å²) in [7, 11) is 0. The average Bonchev–Trinajstić information content (AvgIpc) is 2.01. The van der Waals surface area contributed by atoms with Crippen molar-refractivity contribution in [1.82, 2.24) is 9.97 Å². The Morgan fingerprint density at radius 2 is 2.21 bits per heavy atom. The fraction of sp³-hybridized carbons (Fsp3) is 0.375. The lowest BCUT2D eigenvalue weighted by Gasteiger charge is -2.13. The van der Waals surface area contributed by atoms with E-state index in [-0.39, 0.29) is 11.5 Å². The number of H-pyrrole nitrogens is 1. The van der Waals surface area contributed by atoms with Gasteiger partial charge in [0, 0.05) is 17.5 Å². The molecular weight excluding hydrogens is 186 g/mol. The van der Waals surface area contributed by atoms with Gasteiger partial charge in [-0.3, -0.25) is 9.78 Å². The molecule has 0 saturated carbocycles. The Hall–Kier alpha value is -1.85. The highest BCUT2D eigenvalue weighted by Crippen LogP contribution is 2.12. The van der Waals surface area contributed by atoms with Crippen LogP contribution in [0.2, 0.25) is 0 Å². The summed E-state index contributed by atoms with van der Waals surface area (Å²) in [5.41, 5.74) is 5.13. The summed E-state index contributed by atoms with van der Waals surface area (Å²) >= 11 is 0. The van der Waals surface area contributed by atoms with E-state index in [4.69, 9.17) is 5.73 Å². The summed E-state index contributed by atoms with van der Waals surface area (Å²) in [6.07, 6.45) is 0. The third-order valence-corrected chi connectivity index (χ3v) is 1.95. The fourth-order valence-electron chi connectivity index (χ4n) is 1.24. The summed E-state index contributed by atoms with van der Waals surface area (Å²) in [5.74, 6) is -2.33. The van der Waals surface area contributed by atoms with Gasteiger partial charge in [-0.25, -0.2) is 4.98 Å². The molecule has 0 aromatic carbocycles. The second-order valence-corrected chi connectivity index (χ2v) is 2.99. The van der Waals surface area contributed by atoms with E-state index >= 15 is 0 Å². The first-order chi connectivity index (χ1) is 6.43. The van der Waals surface area contributed by atoms with Crippen molar-refractivity contribution in [2.75, 3.05) is 5.73 Å². The highest BCUT2D eigenvalue weighted by Gasteiger charge is 2.15. The Labute approximate surface area is 79.8 Å². The second kappa shape index (κ2) is 3.49. The van der Waals surface area contributed by atoms with Gasteiger partial charge in [-0.1, -0.05) is 6.92 Å². The van der Waals surface area contributed by atoms with Gasteiger partial charge in [-0.15, -0.1) is 0 Å². The maximum Gasteiger partial charge on any atom is 0.256 e. The van der Waals surface area contributed by atoms with Gasteiger partial charge in [0.25, 0.3) is 5.56 Å². The van der Waals surface area contributed by atoms with Crippen LogP contribution >= 0.6 is 0 Å². The largest absolute Gasteiger partial charge is 0.550 e. The molecule has 6 nitrogen and oxygen atoms in total. The van der Waals surface area contributed by atoms with Gasteiger partial charge >= 0.3 is 0 Å². The summed E-state index contributed by atoms with van der Waals surface area (Å²) in [6.45, 7) is 2.89. The molecule has 1 rings (SSSR count). The number of carbonyl (C=O) groups is 1. The van der Waals surface area contributed by atoms with Gasteiger partial charge in [0.15, 0.2) is 0 Å². The third-order valence-electron chi connectivity index (χ3n) is 1.95. The minimum Gasteiger partial charge on any atom is -0.550 e. The number of nitrogen functional groups attached to an aromatic ring is 1. The molecule has 0 saturated heterocycles. The number of rotatable bonds is 2.